The Bertz CT molecular complexity index is 333. The van der Waals surface area contributed by atoms with Crippen molar-refractivity contribution in [3.05, 3.63) is 29.8 Å². The second kappa shape index (κ2) is 6.73. The Kier molecular flexibility index (Phi) is 5.60. The molecular weight excluding hydrogens is 213 g/mol. The molecule has 1 nitrogen and oxygen atoms in total. The first-order valence-corrected chi connectivity index (χ1v) is 6.67. The van der Waals surface area contributed by atoms with Crippen molar-refractivity contribution < 1.29 is 4.39 Å². The van der Waals surface area contributed by atoms with Crippen molar-refractivity contribution in [1.29, 1.82) is 0 Å². The molecule has 0 aliphatic rings. The van der Waals surface area contributed by atoms with E-state index in [1.807, 2.05) is 0 Å². The van der Waals surface area contributed by atoms with E-state index in [-0.39, 0.29) is 11.2 Å². The maximum Gasteiger partial charge on any atom is 0.141 e. The number of pyridine rings is 1. The Morgan fingerprint density at radius 3 is 2.47 bits per heavy atom. The van der Waals surface area contributed by atoms with Crippen LogP contribution in [0.1, 0.15) is 64.9 Å². The summed E-state index contributed by atoms with van der Waals surface area (Å²) < 4.78 is 13.1. The van der Waals surface area contributed by atoms with Crippen molar-refractivity contribution in [2.24, 2.45) is 0 Å². The van der Waals surface area contributed by atoms with Gasteiger partial charge in [-0.1, -0.05) is 52.9 Å². The molecule has 96 valence electrons. The average Bonchev–Trinajstić information content (AvgIpc) is 2.29. The number of rotatable bonds is 7. The molecule has 0 bridgehead atoms. The first-order valence-electron chi connectivity index (χ1n) is 6.67. The van der Waals surface area contributed by atoms with Gasteiger partial charge < -0.3 is 0 Å². The lowest BCUT2D eigenvalue weighted by Crippen LogP contribution is -2.17. The SMILES string of the molecule is CCCCCCCC(C)(C)c1cncc(F)c1. The van der Waals surface area contributed by atoms with E-state index in [0.29, 0.717) is 0 Å². The van der Waals surface area contributed by atoms with E-state index in [1.54, 1.807) is 12.3 Å². The zero-order chi connectivity index (χ0) is 12.7. The summed E-state index contributed by atoms with van der Waals surface area (Å²) in [5.41, 5.74) is 1.04. The van der Waals surface area contributed by atoms with Gasteiger partial charge in [0, 0.05) is 6.20 Å². The van der Waals surface area contributed by atoms with Crippen LogP contribution in [0.3, 0.4) is 0 Å². The highest BCUT2D eigenvalue weighted by Gasteiger charge is 2.20. The van der Waals surface area contributed by atoms with Crippen molar-refractivity contribution in [2.75, 3.05) is 0 Å². The number of unbranched alkanes of at least 4 members (excludes halogenated alkanes) is 4. The van der Waals surface area contributed by atoms with E-state index in [0.717, 1.165) is 12.0 Å². The van der Waals surface area contributed by atoms with Crippen LogP contribution in [0, 0.1) is 5.82 Å². The van der Waals surface area contributed by atoms with E-state index >= 15 is 0 Å². The summed E-state index contributed by atoms with van der Waals surface area (Å²) in [6.07, 6.45) is 10.6. The Morgan fingerprint density at radius 2 is 1.82 bits per heavy atom. The van der Waals surface area contributed by atoms with Crippen LogP contribution in [0.25, 0.3) is 0 Å². The maximum absolute atomic E-state index is 13.1. The van der Waals surface area contributed by atoms with Gasteiger partial charge in [0.1, 0.15) is 5.82 Å². The molecule has 17 heavy (non-hydrogen) atoms. The third kappa shape index (κ3) is 4.84. The van der Waals surface area contributed by atoms with Crippen molar-refractivity contribution in [1.82, 2.24) is 4.98 Å². The first-order chi connectivity index (χ1) is 8.06. The van der Waals surface area contributed by atoms with Crippen LogP contribution in [-0.4, -0.2) is 4.98 Å². The minimum Gasteiger partial charge on any atom is -0.261 e. The normalized spacial score (nSPS) is 11.8. The number of hydrogen-bond acceptors (Lipinski definition) is 1. The summed E-state index contributed by atoms with van der Waals surface area (Å²) >= 11 is 0. The molecule has 1 heterocycles. The standard InChI is InChI=1S/C15H24FN/c1-4-5-6-7-8-9-15(2,3)13-10-14(16)12-17-11-13/h10-12H,4-9H2,1-3H3. The second-order valence-electron chi connectivity index (χ2n) is 5.44. The van der Waals surface area contributed by atoms with Gasteiger partial charge in [0.2, 0.25) is 0 Å². The van der Waals surface area contributed by atoms with E-state index in [1.165, 1.54) is 38.3 Å². The molecule has 0 saturated heterocycles. The highest BCUT2D eigenvalue weighted by molar-refractivity contribution is 5.20. The molecule has 0 aromatic carbocycles. The molecule has 0 atom stereocenters. The van der Waals surface area contributed by atoms with E-state index in [9.17, 15) is 4.39 Å². The fourth-order valence-electron chi connectivity index (χ4n) is 2.10. The highest BCUT2D eigenvalue weighted by Crippen LogP contribution is 2.29. The number of hydrogen-bond donors (Lipinski definition) is 0. The van der Waals surface area contributed by atoms with Gasteiger partial charge in [-0.2, -0.15) is 0 Å². The average molecular weight is 237 g/mol. The van der Waals surface area contributed by atoms with Gasteiger partial charge in [0.25, 0.3) is 0 Å². The Morgan fingerprint density at radius 1 is 1.12 bits per heavy atom. The van der Waals surface area contributed by atoms with Crippen LogP contribution in [-0.2, 0) is 5.41 Å². The van der Waals surface area contributed by atoms with Gasteiger partial charge in [-0.3, -0.25) is 4.98 Å². The molecule has 0 fully saturated rings. The predicted octanol–water partition coefficient (Wildman–Crippen LogP) is 4.86. The third-order valence-corrected chi connectivity index (χ3v) is 3.39. The molecule has 0 N–H and O–H groups in total. The summed E-state index contributed by atoms with van der Waals surface area (Å²) in [4.78, 5) is 3.93. The summed E-state index contributed by atoms with van der Waals surface area (Å²) in [7, 11) is 0. The molecule has 0 radical (unpaired) electrons. The molecule has 0 saturated carbocycles. The molecular formula is C15H24FN. The molecule has 1 rings (SSSR count). The largest absolute Gasteiger partial charge is 0.261 e. The molecule has 0 aliphatic carbocycles. The molecule has 0 spiro atoms. The number of aromatic nitrogens is 1. The van der Waals surface area contributed by atoms with E-state index in [2.05, 4.69) is 25.8 Å². The zero-order valence-electron chi connectivity index (χ0n) is 11.3. The smallest absolute Gasteiger partial charge is 0.141 e. The molecule has 0 aliphatic heterocycles. The number of halogens is 1. The summed E-state index contributed by atoms with van der Waals surface area (Å²) in [5, 5.41) is 0. The van der Waals surface area contributed by atoms with Crippen LogP contribution in [0.5, 0.6) is 0 Å². The topological polar surface area (TPSA) is 12.9 Å². The van der Waals surface area contributed by atoms with Crippen LogP contribution >= 0.6 is 0 Å². The van der Waals surface area contributed by atoms with Crippen molar-refractivity contribution in [3.8, 4) is 0 Å². The second-order valence-corrected chi connectivity index (χ2v) is 5.44. The first kappa shape index (κ1) is 14.1. The summed E-state index contributed by atoms with van der Waals surface area (Å²) in [5.74, 6) is -0.235. The minimum absolute atomic E-state index is 0.0291. The van der Waals surface area contributed by atoms with E-state index in [4.69, 9.17) is 0 Å². The van der Waals surface area contributed by atoms with Crippen molar-refractivity contribution in [3.63, 3.8) is 0 Å². The fourth-order valence-corrected chi connectivity index (χ4v) is 2.10. The van der Waals surface area contributed by atoms with Gasteiger partial charge in [-0.05, 0) is 23.5 Å². The predicted molar refractivity (Wildman–Crippen MR) is 70.6 cm³/mol. The lowest BCUT2D eigenvalue weighted by atomic mass is 9.81. The van der Waals surface area contributed by atoms with Crippen molar-refractivity contribution in [2.45, 2.75) is 64.7 Å². The lowest BCUT2D eigenvalue weighted by Gasteiger charge is -2.24. The van der Waals surface area contributed by atoms with Gasteiger partial charge in [0.05, 0.1) is 6.20 Å². The minimum atomic E-state index is -0.235. The van der Waals surface area contributed by atoms with Crippen LogP contribution < -0.4 is 0 Å². The Hall–Kier alpha value is -0.920. The quantitative estimate of drug-likeness (QED) is 0.617. The van der Waals surface area contributed by atoms with Crippen LogP contribution in [0.2, 0.25) is 0 Å². The maximum atomic E-state index is 13.1. The zero-order valence-corrected chi connectivity index (χ0v) is 11.3. The van der Waals surface area contributed by atoms with Crippen molar-refractivity contribution >= 4 is 0 Å². The highest BCUT2D eigenvalue weighted by atomic mass is 19.1. The molecule has 0 unspecified atom stereocenters. The van der Waals surface area contributed by atoms with E-state index < -0.39 is 0 Å². The fraction of sp³-hybridized carbons (Fsp3) is 0.667. The third-order valence-electron chi connectivity index (χ3n) is 3.39. The van der Waals surface area contributed by atoms with Gasteiger partial charge in [0.15, 0.2) is 0 Å². The number of nitrogens with zero attached hydrogens (tertiary/aromatic N) is 1. The molecule has 2 heteroatoms. The van der Waals surface area contributed by atoms with Crippen LogP contribution in [0.15, 0.2) is 18.5 Å². The van der Waals surface area contributed by atoms with Gasteiger partial charge >= 0.3 is 0 Å². The summed E-state index contributed by atoms with van der Waals surface area (Å²) in [6, 6.07) is 1.61. The Balaban J connectivity index is 2.45. The molecule has 1 aromatic rings. The van der Waals surface area contributed by atoms with Gasteiger partial charge in [-0.15, -0.1) is 0 Å². The Labute approximate surface area is 104 Å². The van der Waals surface area contributed by atoms with Crippen LogP contribution in [0.4, 0.5) is 4.39 Å². The van der Waals surface area contributed by atoms with Gasteiger partial charge in [-0.25, -0.2) is 4.39 Å². The summed E-state index contributed by atoms with van der Waals surface area (Å²) in [6.45, 7) is 6.56. The molecule has 1 aromatic heterocycles. The molecule has 0 amide bonds. The lowest BCUT2D eigenvalue weighted by molar-refractivity contribution is 0.439. The monoisotopic (exact) mass is 237 g/mol.